The minimum Gasteiger partial charge on any atom is -0.299 e. The fraction of sp³-hybridized carbons (Fsp3) is 0.889. The predicted octanol–water partition coefficient (Wildman–Crippen LogP) is 2.16. The van der Waals surface area contributed by atoms with E-state index >= 15 is 0 Å². The van der Waals surface area contributed by atoms with E-state index in [1.807, 2.05) is 0 Å². The molecule has 10 heavy (non-hydrogen) atoms. The Labute approximate surface area is 61.8 Å². The van der Waals surface area contributed by atoms with Crippen LogP contribution in [0.3, 0.4) is 0 Å². The minimum absolute atomic E-state index is 0.472. The van der Waals surface area contributed by atoms with Crippen LogP contribution in [0, 0.1) is 11.3 Å². The summed E-state index contributed by atoms with van der Waals surface area (Å²) in [7, 11) is 0. The summed E-state index contributed by atoms with van der Waals surface area (Å²) >= 11 is 0. The van der Waals surface area contributed by atoms with Crippen molar-refractivity contribution in [3.63, 3.8) is 0 Å². The molecule has 2 rings (SSSR count). The van der Waals surface area contributed by atoms with Crippen molar-refractivity contribution in [1.29, 1.82) is 0 Å². The van der Waals surface area contributed by atoms with Gasteiger partial charge in [-0.25, -0.2) is 0 Å². The molecule has 2 fully saturated rings. The number of hydrogen-bond donors (Lipinski definition) is 0. The van der Waals surface area contributed by atoms with Gasteiger partial charge < -0.3 is 0 Å². The Hall–Kier alpha value is -0.330. The van der Waals surface area contributed by atoms with E-state index in [0.29, 0.717) is 17.1 Å². The van der Waals surface area contributed by atoms with Gasteiger partial charge in [0.05, 0.1) is 0 Å². The Kier molecular flexibility index (Phi) is 1.17. The SMILES string of the molecule is CCC12CCC(C1)C(=O)C2. The van der Waals surface area contributed by atoms with Gasteiger partial charge in [-0.05, 0) is 24.7 Å². The molecule has 0 heterocycles. The van der Waals surface area contributed by atoms with Crippen molar-refractivity contribution in [2.24, 2.45) is 11.3 Å². The Morgan fingerprint density at radius 2 is 2.50 bits per heavy atom. The van der Waals surface area contributed by atoms with Crippen LogP contribution in [0.25, 0.3) is 0 Å². The highest BCUT2D eigenvalue weighted by molar-refractivity contribution is 5.85. The van der Waals surface area contributed by atoms with E-state index in [-0.39, 0.29) is 0 Å². The van der Waals surface area contributed by atoms with E-state index < -0.39 is 0 Å². The van der Waals surface area contributed by atoms with Crippen molar-refractivity contribution in [2.75, 3.05) is 0 Å². The van der Waals surface area contributed by atoms with Crippen LogP contribution in [0.2, 0.25) is 0 Å². The summed E-state index contributed by atoms with van der Waals surface area (Å²) in [5.41, 5.74) is 0.474. The zero-order chi connectivity index (χ0) is 7.19. The summed E-state index contributed by atoms with van der Waals surface area (Å²) in [5.74, 6) is 1.02. The van der Waals surface area contributed by atoms with E-state index in [9.17, 15) is 4.79 Å². The molecule has 2 aliphatic rings. The summed E-state index contributed by atoms with van der Waals surface area (Å²) in [6.45, 7) is 2.22. The van der Waals surface area contributed by atoms with Crippen LogP contribution in [0.4, 0.5) is 0 Å². The second-order valence-electron chi connectivity index (χ2n) is 3.94. The second kappa shape index (κ2) is 1.84. The summed E-state index contributed by atoms with van der Waals surface area (Å²) in [5, 5.41) is 0. The maximum atomic E-state index is 11.2. The van der Waals surface area contributed by atoms with Gasteiger partial charge in [-0.3, -0.25) is 4.79 Å². The first-order chi connectivity index (χ1) is 4.76. The van der Waals surface area contributed by atoms with Gasteiger partial charge in [0.1, 0.15) is 5.78 Å². The highest BCUT2D eigenvalue weighted by Gasteiger charge is 2.48. The Balaban J connectivity index is 2.22. The van der Waals surface area contributed by atoms with Crippen LogP contribution in [0.5, 0.6) is 0 Å². The average Bonchev–Trinajstić information content (AvgIpc) is 2.45. The first-order valence-corrected chi connectivity index (χ1v) is 4.28. The summed E-state index contributed by atoms with van der Waals surface area (Å²) < 4.78 is 0. The lowest BCUT2D eigenvalue weighted by Gasteiger charge is -2.22. The second-order valence-corrected chi connectivity index (χ2v) is 3.94. The molecule has 2 bridgehead atoms. The molecular formula is C9H14O. The normalized spacial score (nSPS) is 44.9. The van der Waals surface area contributed by atoms with Gasteiger partial charge in [0.25, 0.3) is 0 Å². The zero-order valence-electron chi connectivity index (χ0n) is 6.52. The lowest BCUT2D eigenvalue weighted by atomic mass is 9.82. The molecular weight excluding hydrogens is 124 g/mol. The number of ketones is 1. The van der Waals surface area contributed by atoms with Crippen molar-refractivity contribution in [2.45, 2.75) is 39.0 Å². The van der Waals surface area contributed by atoms with Gasteiger partial charge in [-0.1, -0.05) is 13.3 Å². The third-order valence-electron chi connectivity index (χ3n) is 3.46. The van der Waals surface area contributed by atoms with Crippen LogP contribution in [0.1, 0.15) is 39.0 Å². The molecule has 0 aromatic rings. The summed E-state index contributed by atoms with van der Waals surface area (Å²) in [4.78, 5) is 11.2. The molecule has 0 amide bonds. The molecule has 56 valence electrons. The summed E-state index contributed by atoms with van der Waals surface area (Å²) in [6, 6.07) is 0. The number of carbonyl (C=O) groups excluding carboxylic acids is 1. The van der Waals surface area contributed by atoms with Gasteiger partial charge in [0.15, 0.2) is 0 Å². The van der Waals surface area contributed by atoms with Crippen molar-refractivity contribution in [1.82, 2.24) is 0 Å². The monoisotopic (exact) mass is 138 g/mol. The first kappa shape index (κ1) is 6.38. The van der Waals surface area contributed by atoms with Crippen LogP contribution < -0.4 is 0 Å². The molecule has 2 aliphatic carbocycles. The molecule has 2 unspecified atom stereocenters. The third kappa shape index (κ3) is 0.664. The molecule has 2 atom stereocenters. The van der Waals surface area contributed by atoms with Crippen molar-refractivity contribution in [3.05, 3.63) is 0 Å². The standard InChI is InChI=1S/C9H14O/c1-2-9-4-3-7(5-9)8(10)6-9/h7H,2-6H2,1H3. The molecule has 0 aromatic carbocycles. The lowest BCUT2D eigenvalue weighted by Crippen LogP contribution is -2.16. The largest absolute Gasteiger partial charge is 0.299 e. The molecule has 0 radical (unpaired) electrons. The van der Waals surface area contributed by atoms with Crippen molar-refractivity contribution < 1.29 is 4.79 Å². The Morgan fingerprint density at radius 3 is 2.80 bits per heavy atom. The lowest BCUT2D eigenvalue weighted by molar-refractivity contribution is -0.122. The van der Waals surface area contributed by atoms with Gasteiger partial charge in [-0.15, -0.1) is 0 Å². The van der Waals surface area contributed by atoms with Crippen molar-refractivity contribution in [3.8, 4) is 0 Å². The van der Waals surface area contributed by atoms with Crippen LogP contribution in [-0.2, 0) is 4.79 Å². The van der Waals surface area contributed by atoms with Crippen LogP contribution >= 0.6 is 0 Å². The van der Waals surface area contributed by atoms with Crippen LogP contribution in [-0.4, -0.2) is 5.78 Å². The molecule has 0 aromatic heterocycles. The zero-order valence-corrected chi connectivity index (χ0v) is 6.52. The molecule has 0 aliphatic heterocycles. The van der Waals surface area contributed by atoms with Gasteiger partial charge in [0.2, 0.25) is 0 Å². The topological polar surface area (TPSA) is 17.1 Å². The van der Waals surface area contributed by atoms with Crippen molar-refractivity contribution >= 4 is 5.78 Å². The number of rotatable bonds is 1. The van der Waals surface area contributed by atoms with E-state index in [1.54, 1.807) is 0 Å². The quantitative estimate of drug-likeness (QED) is 0.542. The Bertz CT molecular complexity index is 174. The molecule has 2 saturated carbocycles. The Morgan fingerprint density at radius 1 is 1.70 bits per heavy atom. The smallest absolute Gasteiger partial charge is 0.136 e. The molecule has 0 saturated heterocycles. The van der Waals surface area contributed by atoms with E-state index in [0.717, 1.165) is 6.42 Å². The fourth-order valence-electron chi connectivity index (χ4n) is 2.60. The minimum atomic E-state index is 0.472. The molecule has 1 nitrogen and oxygen atoms in total. The fourth-order valence-corrected chi connectivity index (χ4v) is 2.60. The van der Waals surface area contributed by atoms with Gasteiger partial charge in [-0.2, -0.15) is 0 Å². The van der Waals surface area contributed by atoms with E-state index in [1.165, 1.54) is 25.7 Å². The highest BCUT2D eigenvalue weighted by Crippen LogP contribution is 2.53. The molecule has 0 N–H and O–H groups in total. The van der Waals surface area contributed by atoms with Gasteiger partial charge in [0, 0.05) is 12.3 Å². The van der Waals surface area contributed by atoms with Gasteiger partial charge >= 0.3 is 0 Å². The maximum absolute atomic E-state index is 11.2. The number of fused-ring (bicyclic) bond motifs is 2. The van der Waals surface area contributed by atoms with Crippen LogP contribution in [0.15, 0.2) is 0 Å². The number of carbonyl (C=O) groups is 1. The number of Topliss-reactive ketones (excluding diaryl/α,β-unsaturated/α-hetero) is 1. The molecule has 0 spiro atoms. The third-order valence-corrected chi connectivity index (χ3v) is 3.46. The molecule has 1 heteroatoms. The highest BCUT2D eigenvalue weighted by atomic mass is 16.1. The maximum Gasteiger partial charge on any atom is 0.136 e. The van der Waals surface area contributed by atoms with E-state index in [4.69, 9.17) is 0 Å². The first-order valence-electron chi connectivity index (χ1n) is 4.28. The average molecular weight is 138 g/mol. The predicted molar refractivity (Wildman–Crippen MR) is 39.7 cm³/mol. The van der Waals surface area contributed by atoms with E-state index in [2.05, 4.69) is 6.92 Å². The summed E-state index contributed by atoms with van der Waals surface area (Å²) in [6.07, 6.45) is 5.83. The number of hydrogen-bond acceptors (Lipinski definition) is 1.